The first-order valence-electron chi connectivity index (χ1n) is 8.93. The Morgan fingerprint density at radius 1 is 1.08 bits per heavy atom. The lowest BCUT2D eigenvalue weighted by Crippen LogP contribution is -2.59. The second-order valence-electron chi connectivity index (χ2n) is 7.32. The third-order valence-corrected chi connectivity index (χ3v) is 6.42. The molecule has 0 aromatic carbocycles. The highest BCUT2D eigenvalue weighted by Gasteiger charge is 2.34. The van der Waals surface area contributed by atoms with Gasteiger partial charge in [-0.2, -0.15) is 9.47 Å². The minimum atomic E-state index is 0.483. The number of nitrogens with zero attached hydrogens (tertiary/aromatic N) is 6. The van der Waals surface area contributed by atoms with Gasteiger partial charge < -0.3 is 9.80 Å². The monoisotopic (exact) mass is 342 g/mol. The van der Waals surface area contributed by atoms with Crippen LogP contribution in [0.15, 0.2) is 12.1 Å². The average Bonchev–Trinajstić information content (AvgIpc) is 3.24. The van der Waals surface area contributed by atoms with Gasteiger partial charge in [-0.25, -0.2) is 4.98 Å². The molecule has 1 saturated heterocycles. The van der Waals surface area contributed by atoms with E-state index in [0.717, 1.165) is 35.6 Å². The van der Waals surface area contributed by atoms with Crippen molar-refractivity contribution in [3.63, 3.8) is 0 Å². The molecule has 7 heteroatoms. The molecular weight excluding hydrogens is 320 g/mol. The first kappa shape index (κ1) is 14.6. The van der Waals surface area contributed by atoms with E-state index >= 15 is 0 Å². The summed E-state index contributed by atoms with van der Waals surface area (Å²) in [7, 11) is 2.13. The van der Waals surface area contributed by atoms with Crippen LogP contribution in [0.3, 0.4) is 0 Å². The molecule has 2 aliphatic carbocycles. The molecule has 0 bridgehead atoms. The zero-order valence-corrected chi connectivity index (χ0v) is 14.7. The van der Waals surface area contributed by atoms with Gasteiger partial charge in [0.25, 0.3) is 0 Å². The van der Waals surface area contributed by atoms with Crippen molar-refractivity contribution in [2.24, 2.45) is 0 Å². The summed E-state index contributed by atoms with van der Waals surface area (Å²) in [6.45, 7) is 1.96. The van der Waals surface area contributed by atoms with Crippen molar-refractivity contribution in [2.75, 3.05) is 29.9 Å². The zero-order chi connectivity index (χ0) is 16.1. The van der Waals surface area contributed by atoms with Crippen LogP contribution in [0.2, 0.25) is 0 Å². The van der Waals surface area contributed by atoms with E-state index < -0.39 is 0 Å². The van der Waals surface area contributed by atoms with Crippen molar-refractivity contribution in [3.8, 4) is 0 Å². The van der Waals surface area contributed by atoms with Gasteiger partial charge in [0.1, 0.15) is 5.82 Å². The summed E-state index contributed by atoms with van der Waals surface area (Å²) in [5.74, 6) is 3.34. The van der Waals surface area contributed by atoms with Crippen LogP contribution in [-0.4, -0.2) is 45.7 Å². The quantitative estimate of drug-likeness (QED) is 0.833. The SMILES string of the molecule is CN(c1nc(C2CCC2)ns1)C1CN(c2ccc(C3CC3)nn2)C1. The van der Waals surface area contributed by atoms with E-state index in [0.29, 0.717) is 17.9 Å². The predicted molar refractivity (Wildman–Crippen MR) is 94.9 cm³/mol. The lowest BCUT2D eigenvalue weighted by molar-refractivity contribution is 0.404. The summed E-state index contributed by atoms with van der Waals surface area (Å²) in [6.07, 6.45) is 6.39. The maximum absolute atomic E-state index is 4.76. The molecule has 3 fully saturated rings. The molecule has 1 aliphatic heterocycles. The standard InChI is InChI=1S/C17H22N6S/c1-22(17-18-16(21-24-17)12-3-2-4-12)13-9-23(10-13)15-8-7-14(19-20-15)11-5-6-11/h7-8,11-13H,2-6,9-10H2,1H3. The molecule has 3 heterocycles. The van der Waals surface area contributed by atoms with E-state index in [9.17, 15) is 0 Å². The third-order valence-electron chi connectivity index (χ3n) is 5.60. The Labute approximate surface area is 146 Å². The van der Waals surface area contributed by atoms with Crippen LogP contribution in [0.5, 0.6) is 0 Å². The molecule has 0 spiro atoms. The van der Waals surface area contributed by atoms with Gasteiger partial charge in [0.05, 0.1) is 11.7 Å². The minimum absolute atomic E-state index is 0.483. The van der Waals surface area contributed by atoms with Crippen LogP contribution in [0, 0.1) is 0 Å². The lowest BCUT2D eigenvalue weighted by Gasteiger charge is -2.44. The van der Waals surface area contributed by atoms with E-state index in [4.69, 9.17) is 4.98 Å². The van der Waals surface area contributed by atoms with Gasteiger partial charge in [0.2, 0.25) is 5.13 Å². The van der Waals surface area contributed by atoms with E-state index in [1.165, 1.54) is 32.1 Å². The van der Waals surface area contributed by atoms with Gasteiger partial charge in [0.15, 0.2) is 5.82 Å². The number of rotatable bonds is 5. The Kier molecular flexibility index (Phi) is 3.43. The molecule has 0 amide bonds. The van der Waals surface area contributed by atoms with E-state index in [-0.39, 0.29) is 0 Å². The molecule has 0 atom stereocenters. The molecule has 6 nitrogen and oxygen atoms in total. The van der Waals surface area contributed by atoms with Crippen molar-refractivity contribution in [3.05, 3.63) is 23.7 Å². The summed E-state index contributed by atoms with van der Waals surface area (Å²) >= 11 is 1.54. The maximum Gasteiger partial charge on any atom is 0.205 e. The van der Waals surface area contributed by atoms with E-state index in [2.05, 4.69) is 43.6 Å². The fourth-order valence-corrected chi connectivity index (χ4v) is 4.12. The highest BCUT2D eigenvalue weighted by Crippen LogP contribution is 2.39. The summed E-state index contributed by atoms with van der Waals surface area (Å²) in [4.78, 5) is 9.33. The van der Waals surface area contributed by atoms with Gasteiger partial charge >= 0.3 is 0 Å². The predicted octanol–water partition coefficient (Wildman–Crippen LogP) is 2.80. The molecule has 2 aromatic heterocycles. The third kappa shape index (κ3) is 2.55. The molecule has 24 heavy (non-hydrogen) atoms. The highest BCUT2D eigenvalue weighted by molar-refractivity contribution is 7.09. The topological polar surface area (TPSA) is 58.0 Å². The molecule has 5 rings (SSSR count). The Balaban J connectivity index is 1.20. The largest absolute Gasteiger partial charge is 0.351 e. The summed E-state index contributed by atoms with van der Waals surface area (Å²) in [6, 6.07) is 4.75. The van der Waals surface area contributed by atoms with Gasteiger partial charge in [-0.1, -0.05) is 6.42 Å². The Bertz CT molecular complexity index is 715. The van der Waals surface area contributed by atoms with Crippen molar-refractivity contribution < 1.29 is 0 Å². The van der Waals surface area contributed by atoms with Crippen molar-refractivity contribution in [2.45, 2.75) is 50.0 Å². The van der Waals surface area contributed by atoms with Gasteiger partial charge in [-0.05, 0) is 37.8 Å². The zero-order valence-electron chi connectivity index (χ0n) is 13.9. The number of aromatic nitrogens is 4. The first-order valence-corrected chi connectivity index (χ1v) is 9.70. The van der Waals surface area contributed by atoms with Crippen LogP contribution in [0.25, 0.3) is 0 Å². The smallest absolute Gasteiger partial charge is 0.205 e. The number of likely N-dealkylation sites (N-methyl/N-ethyl adjacent to an activating group) is 1. The molecule has 3 aliphatic rings. The van der Waals surface area contributed by atoms with Gasteiger partial charge in [0, 0.05) is 43.5 Å². The maximum atomic E-state index is 4.76. The summed E-state index contributed by atoms with van der Waals surface area (Å²) in [5, 5.41) is 9.84. The van der Waals surface area contributed by atoms with E-state index in [1.807, 2.05) is 0 Å². The number of hydrogen-bond donors (Lipinski definition) is 0. The highest BCUT2D eigenvalue weighted by atomic mass is 32.1. The van der Waals surface area contributed by atoms with Crippen molar-refractivity contribution >= 4 is 22.5 Å². The minimum Gasteiger partial charge on any atom is -0.351 e. The Morgan fingerprint density at radius 2 is 1.92 bits per heavy atom. The number of hydrogen-bond acceptors (Lipinski definition) is 7. The van der Waals surface area contributed by atoms with Crippen LogP contribution in [0.1, 0.15) is 55.5 Å². The van der Waals surface area contributed by atoms with E-state index in [1.54, 1.807) is 11.5 Å². The molecular formula is C17H22N6S. The Hall–Kier alpha value is -1.76. The van der Waals surface area contributed by atoms with Crippen LogP contribution >= 0.6 is 11.5 Å². The summed E-state index contributed by atoms with van der Waals surface area (Å²) in [5.41, 5.74) is 1.16. The normalized spacial score (nSPS) is 21.5. The molecule has 0 unspecified atom stereocenters. The van der Waals surface area contributed by atoms with Gasteiger partial charge in [-0.3, -0.25) is 0 Å². The lowest BCUT2D eigenvalue weighted by atomic mass is 9.85. The van der Waals surface area contributed by atoms with Gasteiger partial charge in [-0.15, -0.1) is 5.10 Å². The second-order valence-corrected chi connectivity index (χ2v) is 8.05. The first-order chi connectivity index (χ1) is 11.8. The molecule has 126 valence electrons. The second kappa shape index (κ2) is 5.65. The molecule has 2 aromatic rings. The molecule has 0 radical (unpaired) electrons. The molecule has 2 saturated carbocycles. The van der Waals surface area contributed by atoms with Crippen molar-refractivity contribution in [1.82, 2.24) is 19.6 Å². The van der Waals surface area contributed by atoms with Crippen molar-refractivity contribution in [1.29, 1.82) is 0 Å². The molecule has 0 N–H and O–H groups in total. The summed E-state index contributed by atoms with van der Waals surface area (Å²) < 4.78 is 4.56. The Morgan fingerprint density at radius 3 is 2.54 bits per heavy atom. The fourth-order valence-electron chi connectivity index (χ4n) is 3.35. The number of anilines is 2. The fraction of sp³-hybridized carbons (Fsp3) is 0.647. The van der Waals surface area contributed by atoms with Crippen LogP contribution < -0.4 is 9.80 Å². The van der Waals surface area contributed by atoms with Crippen LogP contribution in [0.4, 0.5) is 10.9 Å². The average molecular weight is 342 g/mol. The van der Waals surface area contributed by atoms with Crippen LogP contribution in [-0.2, 0) is 0 Å².